The Kier molecular flexibility index (Phi) is 4.99. The molecule has 0 aromatic heterocycles. The lowest BCUT2D eigenvalue weighted by atomic mass is 9.98. The molecule has 0 spiro atoms. The van der Waals surface area contributed by atoms with Crippen molar-refractivity contribution in [2.45, 2.75) is 19.4 Å². The molecular weight excluding hydrogens is 324 g/mol. The van der Waals surface area contributed by atoms with Gasteiger partial charge in [-0.3, -0.25) is 11.3 Å². The fourth-order valence-corrected chi connectivity index (χ4v) is 2.76. The summed E-state index contributed by atoms with van der Waals surface area (Å²) < 4.78 is 0.885. The van der Waals surface area contributed by atoms with Crippen LogP contribution in [0.3, 0.4) is 0 Å². The van der Waals surface area contributed by atoms with Crippen LogP contribution in [0.1, 0.15) is 22.7 Å². The highest BCUT2D eigenvalue weighted by molar-refractivity contribution is 9.10. The SMILES string of the molecule is Cc1cccc(CC(NN)c2cccc(Br)c2Cl)c1. The second kappa shape index (κ2) is 6.53. The molecule has 0 amide bonds. The van der Waals surface area contributed by atoms with Crippen LogP contribution in [0.2, 0.25) is 5.02 Å². The van der Waals surface area contributed by atoms with E-state index in [4.69, 9.17) is 17.4 Å². The molecule has 4 heteroatoms. The minimum absolute atomic E-state index is 0.00759. The second-order valence-electron chi connectivity index (χ2n) is 4.56. The van der Waals surface area contributed by atoms with Crippen molar-refractivity contribution in [3.05, 3.63) is 68.7 Å². The highest BCUT2D eigenvalue weighted by Crippen LogP contribution is 2.31. The highest BCUT2D eigenvalue weighted by atomic mass is 79.9. The van der Waals surface area contributed by atoms with Crippen molar-refractivity contribution in [3.63, 3.8) is 0 Å². The van der Waals surface area contributed by atoms with Crippen molar-refractivity contribution in [2.75, 3.05) is 0 Å². The van der Waals surface area contributed by atoms with Gasteiger partial charge in [0.05, 0.1) is 11.1 Å². The third-order valence-corrected chi connectivity index (χ3v) is 4.39. The van der Waals surface area contributed by atoms with Gasteiger partial charge in [0.15, 0.2) is 0 Å². The number of aryl methyl sites for hydroxylation is 1. The summed E-state index contributed by atoms with van der Waals surface area (Å²) in [5.41, 5.74) is 6.33. The summed E-state index contributed by atoms with van der Waals surface area (Å²) in [4.78, 5) is 0. The summed E-state index contributed by atoms with van der Waals surface area (Å²) >= 11 is 9.76. The Bertz CT molecular complexity index is 572. The van der Waals surface area contributed by atoms with Crippen LogP contribution in [0.25, 0.3) is 0 Å². The Morgan fingerprint density at radius 2 is 2.00 bits per heavy atom. The van der Waals surface area contributed by atoms with Gasteiger partial charge in [-0.15, -0.1) is 0 Å². The van der Waals surface area contributed by atoms with E-state index in [0.717, 1.165) is 16.5 Å². The zero-order valence-electron chi connectivity index (χ0n) is 10.7. The first-order chi connectivity index (χ1) is 9.11. The van der Waals surface area contributed by atoms with Crippen LogP contribution in [-0.4, -0.2) is 0 Å². The van der Waals surface area contributed by atoms with E-state index < -0.39 is 0 Å². The predicted molar refractivity (Wildman–Crippen MR) is 84.1 cm³/mol. The normalized spacial score (nSPS) is 12.4. The minimum Gasteiger partial charge on any atom is -0.271 e. The van der Waals surface area contributed by atoms with E-state index in [-0.39, 0.29) is 6.04 Å². The average molecular weight is 340 g/mol. The van der Waals surface area contributed by atoms with Crippen molar-refractivity contribution in [3.8, 4) is 0 Å². The smallest absolute Gasteiger partial charge is 0.0596 e. The Morgan fingerprint density at radius 1 is 1.26 bits per heavy atom. The van der Waals surface area contributed by atoms with Crippen molar-refractivity contribution in [2.24, 2.45) is 5.84 Å². The van der Waals surface area contributed by atoms with Gasteiger partial charge in [0.2, 0.25) is 0 Å². The number of benzene rings is 2. The van der Waals surface area contributed by atoms with Crippen LogP contribution in [0, 0.1) is 6.92 Å². The summed E-state index contributed by atoms with van der Waals surface area (Å²) in [5, 5.41) is 0.707. The molecule has 0 saturated carbocycles. The maximum atomic E-state index is 6.32. The lowest BCUT2D eigenvalue weighted by Gasteiger charge is -2.18. The summed E-state index contributed by atoms with van der Waals surface area (Å²) in [6, 6.07) is 14.3. The molecule has 2 aromatic rings. The fraction of sp³-hybridized carbons (Fsp3) is 0.200. The van der Waals surface area contributed by atoms with E-state index in [2.05, 4.69) is 52.5 Å². The van der Waals surface area contributed by atoms with Gasteiger partial charge in [-0.1, -0.05) is 53.6 Å². The van der Waals surface area contributed by atoms with E-state index >= 15 is 0 Å². The Morgan fingerprint density at radius 3 is 2.68 bits per heavy atom. The molecule has 0 saturated heterocycles. The first-order valence-corrected chi connectivity index (χ1v) is 7.24. The van der Waals surface area contributed by atoms with Gasteiger partial charge < -0.3 is 0 Å². The topological polar surface area (TPSA) is 38.0 Å². The maximum absolute atomic E-state index is 6.32. The molecule has 0 aliphatic rings. The van der Waals surface area contributed by atoms with Crippen molar-refractivity contribution in [1.29, 1.82) is 0 Å². The molecule has 19 heavy (non-hydrogen) atoms. The molecule has 0 fully saturated rings. The first-order valence-electron chi connectivity index (χ1n) is 6.07. The van der Waals surface area contributed by atoms with Gasteiger partial charge in [0.1, 0.15) is 0 Å². The van der Waals surface area contributed by atoms with Crippen LogP contribution in [0.4, 0.5) is 0 Å². The van der Waals surface area contributed by atoms with Gasteiger partial charge in [0, 0.05) is 4.47 Å². The lowest BCUT2D eigenvalue weighted by Crippen LogP contribution is -2.29. The van der Waals surface area contributed by atoms with Gasteiger partial charge in [-0.05, 0) is 46.5 Å². The van der Waals surface area contributed by atoms with Crippen LogP contribution in [0.15, 0.2) is 46.9 Å². The zero-order valence-corrected chi connectivity index (χ0v) is 13.0. The number of hydrazine groups is 1. The molecule has 0 heterocycles. The predicted octanol–water partition coefficient (Wildman–Crippen LogP) is 4.16. The largest absolute Gasteiger partial charge is 0.271 e. The number of nitrogens with two attached hydrogens (primary N) is 1. The third-order valence-electron chi connectivity index (χ3n) is 3.08. The number of hydrogen-bond acceptors (Lipinski definition) is 2. The molecular formula is C15H16BrClN2. The van der Waals surface area contributed by atoms with Gasteiger partial charge in [0.25, 0.3) is 0 Å². The Balaban J connectivity index is 2.28. The fourth-order valence-electron chi connectivity index (χ4n) is 2.12. The standard InChI is InChI=1S/C15H16BrClN2/c1-10-4-2-5-11(8-10)9-14(19-18)12-6-3-7-13(16)15(12)17/h2-8,14,19H,9,18H2,1H3. The molecule has 1 unspecified atom stereocenters. The van der Waals surface area contributed by atoms with Crippen molar-refractivity contribution in [1.82, 2.24) is 5.43 Å². The lowest BCUT2D eigenvalue weighted by molar-refractivity contribution is 0.552. The Labute approximate surface area is 127 Å². The number of halogens is 2. The van der Waals surface area contributed by atoms with E-state index in [9.17, 15) is 0 Å². The maximum Gasteiger partial charge on any atom is 0.0596 e. The molecule has 0 bridgehead atoms. The summed E-state index contributed by atoms with van der Waals surface area (Å²) in [5.74, 6) is 5.69. The van der Waals surface area contributed by atoms with Crippen LogP contribution in [0.5, 0.6) is 0 Å². The molecule has 100 valence electrons. The molecule has 0 radical (unpaired) electrons. The van der Waals surface area contributed by atoms with E-state index in [1.165, 1.54) is 11.1 Å². The molecule has 2 rings (SSSR count). The molecule has 0 aliphatic heterocycles. The summed E-state index contributed by atoms with van der Waals surface area (Å²) in [6.07, 6.45) is 0.800. The van der Waals surface area contributed by atoms with Crippen molar-refractivity contribution < 1.29 is 0 Å². The molecule has 2 nitrogen and oxygen atoms in total. The minimum atomic E-state index is -0.00759. The van der Waals surface area contributed by atoms with E-state index in [0.29, 0.717) is 5.02 Å². The number of rotatable bonds is 4. The Hall–Kier alpha value is -0.870. The van der Waals surface area contributed by atoms with Gasteiger partial charge >= 0.3 is 0 Å². The first kappa shape index (κ1) is 14.5. The van der Waals surface area contributed by atoms with Crippen LogP contribution >= 0.6 is 27.5 Å². The zero-order chi connectivity index (χ0) is 13.8. The van der Waals surface area contributed by atoms with Crippen molar-refractivity contribution >= 4 is 27.5 Å². The quantitative estimate of drug-likeness (QED) is 0.648. The second-order valence-corrected chi connectivity index (χ2v) is 5.79. The highest BCUT2D eigenvalue weighted by Gasteiger charge is 2.15. The molecule has 1 atom stereocenters. The van der Waals surface area contributed by atoms with E-state index in [1.54, 1.807) is 0 Å². The number of nitrogens with one attached hydrogen (secondary N) is 1. The summed E-state index contributed by atoms with van der Waals surface area (Å²) in [6.45, 7) is 2.08. The molecule has 3 N–H and O–H groups in total. The molecule has 0 aliphatic carbocycles. The van der Waals surface area contributed by atoms with Crippen LogP contribution in [-0.2, 0) is 6.42 Å². The average Bonchev–Trinajstić information content (AvgIpc) is 2.40. The van der Waals surface area contributed by atoms with E-state index in [1.807, 2.05) is 18.2 Å². The monoisotopic (exact) mass is 338 g/mol. The molecule has 2 aromatic carbocycles. The van der Waals surface area contributed by atoms with Gasteiger partial charge in [-0.25, -0.2) is 0 Å². The van der Waals surface area contributed by atoms with Gasteiger partial charge in [-0.2, -0.15) is 0 Å². The number of hydrogen-bond donors (Lipinski definition) is 2. The summed E-state index contributed by atoms with van der Waals surface area (Å²) in [7, 11) is 0. The van der Waals surface area contributed by atoms with Crippen LogP contribution < -0.4 is 11.3 Å². The third kappa shape index (κ3) is 3.57.